The first-order chi connectivity index (χ1) is 9.03. The molecule has 0 saturated carbocycles. The Kier molecular flexibility index (Phi) is 3.98. The summed E-state index contributed by atoms with van der Waals surface area (Å²) < 4.78 is 0. The number of aliphatic hydroxyl groups excluding tert-OH is 1. The molecule has 0 saturated heterocycles. The van der Waals surface area contributed by atoms with Gasteiger partial charge in [0, 0.05) is 11.8 Å². The lowest BCUT2D eigenvalue weighted by Crippen LogP contribution is -2.13. The standard InChI is InChI=1S/C15H16N2OS/c1-15(2,10-16)14-17-12(9-19-14)8-13(18)11-6-4-3-5-7-11/h3-7,9,13,18H,8H2,1-2H3. The maximum Gasteiger partial charge on any atom is 0.113 e. The fraction of sp³-hybridized carbons (Fsp3) is 0.333. The van der Waals surface area contributed by atoms with Crippen LogP contribution in [0.4, 0.5) is 0 Å². The average molecular weight is 272 g/mol. The van der Waals surface area contributed by atoms with E-state index in [1.807, 2.05) is 49.6 Å². The van der Waals surface area contributed by atoms with Gasteiger partial charge in [-0.25, -0.2) is 4.98 Å². The number of aromatic nitrogens is 1. The summed E-state index contributed by atoms with van der Waals surface area (Å²) in [6, 6.07) is 11.8. The molecular formula is C15H16N2OS. The van der Waals surface area contributed by atoms with Crippen LogP contribution in [-0.2, 0) is 11.8 Å². The third-order valence-electron chi connectivity index (χ3n) is 2.95. The highest BCUT2D eigenvalue weighted by Gasteiger charge is 2.24. The van der Waals surface area contributed by atoms with E-state index in [1.54, 1.807) is 0 Å². The quantitative estimate of drug-likeness (QED) is 0.929. The predicted molar refractivity (Wildman–Crippen MR) is 75.9 cm³/mol. The van der Waals surface area contributed by atoms with Crippen molar-refractivity contribution in [1.29, 1.82) is 5.26 Å². The zero-order chi connectivity index (χ0) is 13.9. The van der Waals surface area contributed by atoms with E-state index in [-0.39, 0.29) is 0 Å². The third-order valence-corrected chi connectivity index (χ3v) is 4.17. The Bertz CT molecular complexity index is 584. The lowest BCUT2D eigenvalue weighted by Gasteiger charge is -2.11. The topological polar surface area (TPSA) is 56.9 Å². The van der Waals surface area contributed by atoms with Gasteiger partial charge in [-0.15, -0.1) is 11.3 Å². The molecule has 1 aromatic heterocycles. The van der Waals surface area contributed by atoms with E-state index in [1.165, 1.54) is 11.3 Å². The second-order valence-corrected chi connectivity index (χ2v) is 5.87. The molecule has 2 aromatic rings. The van der Waals surface area contributed by atoms with Crippen LogP contribution in [0, 0.1) is 11.3 Å². The molecule has 0 spiro atoms. The molecule has 1 atom stereocenters. The van der Waals surface area contributed by atoms with Crippen LogP contribution >= 0.6 is 11.3 Å². The molecule has 0 bridgehead atoms. The van der Waals surface area contributed by atoms with Crippen molar-refractivity contribution >= 4 is 11.3 Å². The number of aliphatic hydroxyl groups is 1. The first-order valence-electron chi connectivity index (χ1n) is 6.12. The van der Waals surface area contributed by atoms with Crippen LogP contribution in [0.1, 0.15) is 36.2 Å². The van der Waals surface area contributed by atoms with E-state index in [4.69, 9.17) is 5.26 Å². The van der Waals surface area contributed by atoms with Gasteiger partial charge in [0.25, 0.3) is 0 Å². The van der Waals surface area contributed by atoms with Gasteiger partial charge in [-0.1, -0.05) is 30.3 Å². The summed E-state index contributed by atoms with van der Waals surface area (Å²) in [5.74, 6) is 0. The van der Waals surface area contributed by atoms with Gasteiger partial charge in [-0.2, -0.15) is 5.26 Å². The molecule has 19 heavy (non-hydrogen) atoms. The predicted octanol–water partition coefficient (Wildman–Crippen LogP) is 3.22. The molecule has 1 heterocycles. The number of thiazole rings is 1. The number of rotatable bonds is 4. The molecule has 0 amide bonds. The summed E-state index contributed by atoms with van der Waals surface area (Å²) in [6.07, 6.45) is -0.0801. The van der Waals surface area contributed by atoms with Gasteiger partial charge in [0.05, 0.1) is 17.9 Å². The van der Waals surface area contributed by atoms with Crippen molar-refractivity contribution in [3.8, 4) is 6.07 Å². The molecule has 1 aromatic carbocycles. The van der Waals surface area contributed by atoms with Gasteiger partial charge in [0.15, 0.2) is 0 Å². The Morgan fingerprint density at radius 1 is 1.37 bits per heavy atom. The van der Waals surface area contributed by atoms with Gasteiger partial charge in [0.1, 0.15) is 10.4 Å². The Hall–Kier alpha value is -1.70. The van der Waals surface area contributed by atoms with Crippen LogP contribution in [0.3, 0.4) is 0 Å². The number of hydrogen-bond acceptors (Lipinski definition) is 4. The summed E-state index contributed by atoms with van der Waals surface area (Å²) in [4.78, 5) is 4.45. The molecule has 0 fully saturated rings. The van der Waals surface area contributed by atoms with Crippen LogP contribution in [0.5, 0.6) is 0 Å². The van der Waals surface area contributed by atoms with Gasteiger partial charge in [0.2, 0.25) is 0 Å². The Morgan fingerprint density at radius 2 is 2.05 bits per heavy atom. The van der Waals surface area contributed by atoms with Crippen molar-refractivity contribution < 1.29 is 5.11 Å². The lowest BCUT2D eigenvalue weighted by atomic mass is 9.97. The average Bonchev–Trinajstić information content (AvgIpc) is 2.89. The van der Waals surface area contributed by atoms with Crippen LogP contribution in [0.2, 0.25) is 0 Å². The van der Waals surface area contributed by atoms with Gasteiger partial charge < -0.3 is 5.11 Å². The van der Waals surface area contributed by atoms with E-state index >= 15 is 0 Å². The second kappa shape index (κ2) is 5.52. The molecule has 0 radical (unpaired) electrons. The highest BCUT2D eigenvalue weighted by atomic mass is 32.1. The zero-order valence-electron chi connectivity index (χ0n) is 11.0. The van der Waals surface area contributed by atoms with Crippen molar-refractivity contribution in [3.05, 3.63) is 52.0 Å². The minimum atomic E-state index is -0.569. The molecule has 2 rings (SSSR count). The van der Waals surface area contributed by atoms with Crippen molar-refractivity contribution in [2.45, 2.75) is 31.8 Å². The van der Waals surface area contributed by atoms with Crippen molar-refractivity contribution in [2.24, 2.45) is 0 Å². The molecule has 98 valence electrons. The molecule has 4 heteroatoms. The van der Waals surface area contributed by atoms with Crippen LogP contribution in [-0.4, -0.2) is 10.1 Å². The highest BCUT2D eigenvalue weighted by Crippen LogP contribution is 2.27. The molecule has 0 aliphatic carbocycles. The van der Waals surface area contributed by atoms with Crippen molar-refractivity contribution in [2.75, 3.05) is 0 Å². The summed E-state index contributed by atoms with van der Waals surface area (Å²) >= 11 is 1.47. The van der Waals surface area contributed by atoms with E-state index < -0.39 is 11.5 Å². The molecule has 0 aliphatic heterocycles. The maximum absolute atomic E-state index is 10.1. The van der Waals surface area contributed by atoms with Crippen LogP contribution in [0.25, 0.3) is 0 Å². The van der Waals surface area contributed by atoms with E-state index in [9.17, 15) is 5.11 Å². The Morgan fingerprint density at radius 3 is 2.68 bits per heavy atom. The normalized spacial score (nSPS) is 12.9. The van der Waals surface area contributed by atoms with Gasteiger partial charge in [-0.05, 0) is 19.4 Å². The Balaban J connectivity index is 2.11. The number of benzene rings is 1. The first kappa shape index (κ1) is 13.7. The smallest absolute Gasteiger partial charge is 0.113 e. The van der Waals surface area contributed by atoms with Crippen molar-refractivity contribution in [3.63, 3.8) is 0 Å². The summed E-state index contributed by atoms with van der Waals surface area (Å²) in [5.41, 5.74) is 1.15. The maximum atomic E-state index is 10.1. The van der Waals surface area contributed by atoms with E-state index in [0.29, 0.717) is 6.42 Å². The zero-order valence-corrected chi connectivity index (χ0v) is 11.8. The minimum absolute atomic E-state index is 0.474. The van der Waals surface area contributed by atoms with Crippen molar-refractivity contribution in [1.82, 2.24) is 4.98 Å². The van der Waals surface area contributed by atoms with Gasteiger partial charge >= 0.3 is 0 Å². The minimum Gasteiger partial charge on any atom is -0.388 e. The SMILES string of the molecule is CC(C)(C#N)c1nc(CC(O)c2ccccc2)cs1. The van der Waals surface area contributed by atoms with Gasteiger partial charge in [-0.3, -0.25) is 0 Å². The number of hydrogen-bond donors (Lipinski definition) is 1. The van der Waals surface area contributed by atoms with Crippen LogP contribution < -0.4 is 0 Å². The fourth-order valence-corrected chi connectivity index (χ4v) is 2.63. The second-order valence-electron chi connectivity index (χ2n) is 5.01. The van der Waals surface area contributed by atoms with E-state index in [0.717, 1.165) is 16.3 Å². The Labute approximate surface area is 117 Å². The largest absolute Gasteiger partial charge is 0.388 e. The molecular weight excluding hydrogens is 256 g/mol. The lowest BCUT2D eigenvalue weighted by molar-refractivity contribution is 0.177. The number of nitriles is 1. The molecule has 1 N–H and O–H groups in total. The summed E-state index contributed by atoms with van der Waals surface area (Å²) in [7, 11) is 0. The monoisotopic (exact) mass is 272 g/mol. The first-order valence-corrected chi connectivity index (χ1v) is 7.00. The van der Waals surface area contributed by atoms with E-state index in [2.05, 4.69) is 11.1 Å². The third kappa shape index (κ3) is 3.19. The highest BCUT2D eigenvalue weighted by molar-refractivity contribution is 7.09. The number of nitrogens with zero attached hydrogens (tertiary/aromatic N) is 2. The molecule has 1 unspecified atom stereocenters. The summed E-state index contributed by atoms with van der Waals surface area (Å²) in [6.45, 7) is 3.70. The molecule has 3 nitrogen and oxygen atoms in total. The van der Waals surface area contributed by atoms with Crippen LogP contribution in [0.15, 0.2) is 35.7 Å². The fourth-order valence-electron chi connectivity index (χ4n) is 1.73. The summed E-state index contributed by atoms with van der Waals surface area (Å²) in [5, 5.41) is 21.9. The molecule has 0 aliphatic rings.